The molecule has 0 fully saturated rings. The Hall–Kier alpha value is -4.04. The number of aryl methyl sites for hydroxylation is 2. The van der Waals surface area contributed by atoms with Crippen molar-refractivity contribution in [2.75, 3.05) is 5.73 Å². The molecule has 0 atom stereocenters. The summed E-state index contributed by atoms with van der Waals surface area (Å²) in [6, 6.07) is 17.5. The number of fused-ring (bicyclic) bond motifs is 1. The molecular weight excluding hydrogens is 432 g/mol. The average Bonchev–Trinajstić information content (AvgIpc) is 3.41. The van der Waals surface area contributed by atoms with Crippen molar-refractivity contribution < 1.29 is 4.79 Å². The van der Waals surface area contributed by atoms with E-state index in [-0.39, 0.29) is 5.91 Å². The second-order valence-corrected chi connectivity index (χ2v) is 9.11. The van der Waals surface area contributed by atoms with Gasteiger partial charge >= 0.3 is 0 Å². The highest BCUT2D eigenvalue weighted by Gasteiger charge is 2.18. The van der Waals surface area contributed by atoms with Gasteiger partial charge in [-0.05, 0) is 67.4 Å². The number of amides is 1. The number of aromatic nitrogens is 4. The molecule has 0 aliphatic heterocycles. The number of thiophene rings is 1. The van der Waals surface area contributed by atoms with E-state index in [0.29, 0.717) is 23.1 Å². The number of carbonyl (C=O) groups excluding carboxylic acids is 1. The highest BCUT2D eigenvalue weighted by Crippen LogP contribution is 2.30. The number of carbonyl (C=O) groups is 1. The largest absolute Gasteiger partial charge is 0.383 e. The van der Waals surface area contributed by atoms with Crippen LogP contribution in [0, 0.1) is 13.8 Å². The Bertz CT molecular complexity index is 1470. The van der Waals surface area contributed by atoms with Gasteiger partial charge in [0.15, 0.2) is 11.5 Å². The summed E-state index contributed by atoms with van der Waals surface area (Å²) in [4.78, 5) is 27.9. The Morgan fingerprint density at radius 1 is 1.09 bits per heavy atom. The molecule has 0 aliphatic rings. The number of nitrogen functional groups attached to an aromatic ring is 1. The summed E-state index contributed by atoms with van der Waals surface area (Å²) in [5.74, 6) is 1.03. The molecule has 0 spiro atoms. The minimum absolute atomic E-state index is 0.0633. The third-order valence-electron chi connectivity index (χ3n) is 5.33. The lowest BCUT2D eigenvalue weighted by atomic mass is 10.2. The summed E-state index contributed by atoms with van der Waals surface area (Å²) in [6.45, 7) is 4.42. The molecule has 1 amide bonds. The molecule has 5 aromatic rings. The quantitative estimate of drug-likeness (QED) is 0.402. The van der Waals surface area contributed by atoms with Crippen LogP contribution in [0.5, 0.6) is 0 Å². The third-order valence-corrected chi connectivity index (χ3v) is 6.32. The van der Waals surface area contributed by atoms with Crippen LogP contribution in [0.25, 0.3) is 28.2 Å². The van der Waals surface area contributed by atoms with Crippen LogP contribution in [0.3, 0.4) is 0 Å². The van der Waals surface area contributed by atoms with Gasteiger partial charge in [-0.1, -0.05) is 12.1 Å². The van der Waals surface area contributed by atoms with E-state index < -0.39 is 0 Å². The van der Waals surface area contributed by atoms with Crippen molar-refractivity contribution in [3.63, 3.8) is 0 Å². The molecule has 7 nitrogen and oxygen atoms in total. The summed E-state index contributed by atoms with van der Waals surface area (Å²) >= 11 is 1.49. The summed E-state index contributed by atoms with van der Waals surface area (Å²) in [5, 5.41) is 2.98. The smallest absolute Gasteiger partial charge is 0.261 e. The zero-order valence-corrected chi connectivity index (χ0v) is 19.1. The first-order chi connectivity index (χ1) is 16.0. The van der Waals surface area contributed by atoms with Gasteiger partial charge in [0.2, 0.25) is 0 Å². The molecule has 1 aromatic carbocycles. The molecule has 0 radical (unpaired) electrons. The highest BCUT2D eigenvalue weighted by atomic mass is 32.1. The highest BCUT2D eigenvalue weighted by molar-refractivity contribution is 7.13. The van der Waals surface area contributed by atoms with Gasteiger partial charge in [-0.3, -0.25) is 9.36 Å². The summed E-state index contributed by atoms with van der Waals surface area (Å²) in [6.07, 6.45) is 3.49. The molecule has 0 aliphatic carbocycles. The van der Waals surface area contributed by atoms with Crippen LogP contribution in [0.15, 0.2) is 67.0 Å². The summed E-state index contributed by atoms with van der Waals surface area (Å²) in [7, 11) is 0. The molecule has 0 unspecified atom stereocenters. The molecule has 4 aromatic heterocycles. The first-order valence-electron chi connectivity index (χ1n) is 10.5. The first-order valence-corrected chi connectivity index (χ1v) is 11.3. The predicted octanol–water partition coefficient (Wildman–Crippen LogP) is 4.67. The van der Waals surface area contributed by atoms with E-state index in [4.69, 9.17) is 10.7 Å². The van der Waals surface area contributed by atoms with E-state index in [0.717, 1.165) is 38.4 Å². The Labute approximate surface area is 195 Å². The lowest BCUT2D eigenvalue weighted by molar-refractivity contribution is 0.0955. The van der Waals surface area contributed by atoms with Crippen molar-refractivity contribution >= 4 is 34.2 Å². The van der Waals surface area contributed by atoms with Gasteiger partial charge in [-0.15, -0.1) is 11.3 Å². The van der Waals surface area contributed by atoms with Gasteiger partial charge in [0.25, 0.3) is 5.91 Å². The molecule has 4 heterocycles. The number of imidazole rings is 1. The van der Waals surface area contributed by atoms with Gasteiger partial charge in [0.05, 0.1) is 10.4 Å². The van der Waals surface area contributed by atoms with Crippen LogP contribution < -0.4 is 11.1 Å². The van der Waals surface area contributed by atoms with E-state index in [1.54, 1.807) is 6.20 Å². The first kappa shape index (κ1) is 20.8. The molecule has 3 N–H and O–H groups in total. The zero-order valence-electron chi connectivity index (χ0n) is 18.2. The minimum Gasteiger partial charge on any atom is -0.383 e. The van der Waals surface area contributed by atoms with Crippen LogP contribution in [0.1, 0.15) is 25.7 Å². The molecular formula is C25H22N6OS. The van der Waals surface area contributed by atoms with Crippen LogP contribution in [-0.4, -0.2) is 25.4 Å². The van der Waals surface area contributed by atoms with Crippen LogP contribution >= 0.6 is 11.3 Å². The topological polar surface area (TPSA) is 98.7 Å². The van der Waals surface area contributed by atoms with Gasteiger partial charge < -0.3 is 11.1 Å². The molecule has 164 valence electrons. The Kier molecular flexibility index (Phi) is 5.35. The molecule has 0 saturated heterocycles. The number of hydrogen-bond acceptors (Lipinski definition) is 6. The Morgan fingerprint density at radius 2 is 1.91 bits per heavy atom. The molecule has 8 heteroatoms. The van der Waals surface area contributed by atoms with Crippen LogP contribution in [-0.2, 0) is 6.54 Å². The van der Waals surface area contributed by atoms with Crippen molar-refractivity contribution in [1.82, 2.24) is 24.8 Å². The number of nitrogens with two attached hydrogens (primary N) is 1. The zero-order chi connectivity index (χ0) is 22.9. The second kappa shape index (κ2) is 8.48. The van der Waals surface area contributed by atoms with Gasteiger partial charge in [-0.2, -0.15) is 0 Å². The van der Waals surface area contributed by atoms with Crippen molar-refractivity contribution in [2.24, 2.45) is 0 Å². The summed E-state index contributed by atoms with van der Waals surface area (Å²) < 4.78 is 1.99. The normalized spacial score (nSPS) is 11.1. The van der Waals surface area contributed by atoms with Gasteiger partial charge in [0, 0.05) is 29.5 Å². The lowest BCUT2D eigenvalue weighted by Gasteiger charge is -2.11. The maximum Gasteiger partial charge on any atom is 0.261 e. The van der Waals surface area contributed by atoms with Gasteiger partial charge in [-0.25, -0.2) is 15.0 Å². The van der Waals surface area contributed by atoms with Crippen LogP contribution in [0.4, 0.5) is 5.82 Å². The average molecular weight is 455 g/mol. The molecule has 0 saturated carbocycles. The van der Waals surface area contributed by atoms with Crippen molar-refractivity contribution in [1.29, 1.82) is 0 Å². The van der Waals surface area contributed by atoms with E-state index in [2.05, 4.69) is 15.3 Å². The number of hydrogen-bond donors (Lipinski definition) is 2. The fourth-order valence-corrected chi connectivity index (χ4v) is 4.47. The SMILES string of the molecule is Cc1cnc2c(c1)nc(-c1cccnc1N)n2-c1ccc(CNC(=O)c2ccc(C)s2)cc1. The molecule has 33 heavy (non-hydrogen) atoms. The fourth-order valence-electron chi connectivity index (χ4n) is 3.69. The maximum atomic E-state index is 12.4. The Balaban J connectivity index is 1.48. The van der Waals surface area contributed by atoms with Crippen molar-refractivity contribution in [3.05, 3.63) is 87.9 Å². The Morgan fingerprint density at radius 3 is 2.64 bits per heavy atom. The van der Waals surface area contributed by atoms with Crippen LogP contribution in [0.2, 0.25) is 0 Å². The predicted molar refractivity (Wildman–Crippen MR) is 131 cm³/mol. The minimum atomic E-state index is -0.0633. The second-order valence-electron chi connectivity index (χ2n) is 7.82. The number of pyridine rings is 2. The number of rotatable bonds is 5. The fraction of sp³-hybridized carbons (Fsp3) is 0.120. The van der Waals surface area contributed by atoms with Gasteiger partial charge in [0.1, 0.15) is 11.3 Å². The monoisotopic (exact) mass is 454 g/mol. The molecule has 5 rings (SSSR count). The standard InChI is InChI=1S/C25H22N6OS/c1-15-12-20-24(28-13-15)31(23(30-20)19-4-3-11-27-22(19)26)18-8-6-17(7-9-18)14-29-25(32)21-10-5-16(2)33-21/h3-13H,14H2,1-2H3,(H2,26,27)(H,29,32). The number of nitrogens with zero attached hydrogens (tertiary/aromatic N) is 4. The van der Waals surface area contributed by atoms with E-state index in [1.807, 2.05) is 79.2 Å². The number of benzene rings is 1. The third kappa shape index (κ3) is 4.08. The maximum absolute atomic E-state index is 12.4. The van der Waals surface area contributed by atoms with E-state index in [9.17, 15) is 4.79 Å². The van der Waals surface area contributed by atoms with Crippen molar-refractivity contribution in [3.8, 4) is 17.1 Å². The van der Waals surface area contributed by atoms with E-state index in [1.165, 1.54) is 11.3 Å². The number of nitrogens with one attached hydrogen (secondary N) is 1. The summed E-state index contributed by atoms with van der Waals surface area (Å²) in [5.41, 5.74) is 11.4. The van der Waals surface area contributed by atoms with E-state index >= 15 is 0 Å². The lowest BCUT2D eigenvalue weighted by Crippen LogP contribution is -2.21. The number of anilines is 1. The molecule has 0 bridgehead atoms. The van der Waals surface area contributed by atoms with Crippen molar-refractivity contribution in [2.45, 2.75) is 20.4 Å².